The van der Waals surface area contributed by atoms with Crippen LogP contribution in [0.25, 0.3) is 0 Å². The van der Waals surface area contributed by atoms with E-state index in [4.69, 9.17) is 4.74 Å². The SMILES string of the molecule is COC(=O)N1CCCC12CCNC(=O)C2. The monoisotopic (exact) mass is 212 g/mol. The highest BCUT2D eigenvalue weighted by molar-refractivity contribution is 5.80. The molecule has 2 aliphatic rings. The van der Waals surface area contributed by atoms with Crippen LogP contribution in [0.4, 0.5) is 4.79 Å². The van der Waals surface area contributed by atoms with Crippen molar-refractivity contribution >= 4 is 12.0 Å². The van der Waals surface area contributed by atoms with Crippen molar-refractivity contribution in [2.45, 2.75) is 31.2 Å². The van der Waals surface area contributed by atoms with Gasteiger partial charge in [-0.05, 0) is 19.3 Å². The fourth-order valence-electron chi connectivity index (χ4n) is 2.66. The number of piperidine rings is 1. The van der Waals surface area contributed by atoms with E-state index in [0.29, 0.717) is 19.5 Å². The molecule has 2 amide bonds. The predicted molar refractivity (Wildman–Crippen MR) is 53.3 cm³/mol. The first kappa shape index (κ1) is 10.3. The van der Waals surface area contributed by atoms with Crippen molar-refractivity contribution in [2.75, 3.05) is 20.2 Å². The van der Waals surface area contributed by atoms with Gasteiger partial charge in [-0.1, -0.05) is 0 Å². The van der Waals surface area contributed by atoms with Gasteiger partial charge in [-0.3, -0.25) is 4.79 Å². The summed E-state index contributed by atoms with van der Waals surface area (Å²) in [5.74, 6) is 0.0389. The van der Waals surface area contributed by atoms with Crippen LogP contribution in [0, 0.1) is 0 Å². The molecule has 2 aliphatic heterocycles. The molecule has 0 saturated carbocycles. The number of hydrogen-bond donors (Lipinski definition) is 1. The molecule has 0 aromatic carbocycles. The summed E-state index contributed by atoms with van der Waals surface area (Å²) >= 11 is 0. The Labute approximate surface area is 88.8 Å². The van der Waals surface area contributed by atoms with Crippen LogP contribution in [0.3, 0.4) is 0 Å². The maximum atomic E-state index is 11.6. The lowest BCUT2D eigenvalue weighted by Crippen LogP contribution is -2.54. The molecule has 1 unspecified atom stereocenters. The van der Waals surface area contributed by atoms with E-state index in [1.165, 1.54) is 7.11 Å². The average molecular weight is 212 g/mol. The fourth-order valence-corrected chi connectivity index (χ4v) is 2.66. The minimum absolute atomic E-state index is 0.0389. The van der Waals surface area contributed by atoms with Gasteiger partial charge in [0, 0.05) is 13.1 Å². The van der Waals surface area contributed by atoms with Crippen molar-refractivity contribution < 1.29 is 14.3 Å². The number of hydrogen-bond acceptors (Lipinski definition) is 3. The Morgan fingerprint density at radius 3 is 3.00 bits per heavy atom. The summed E-state index contributed by atoms with van der Waals surface area (Å²) in [6.45, 7) is 1.37. The zero-order valence-corrected chi connectivity index (χ0v) is 8.91. The van der Waals surface area contributed by atoms with E-state index in [2.05, 4.69) is 5.32 Å². The zero-order chi connectivity index (χ0) is 10.9. The van der Waals surface area contributed by atoms with Gasteiger partial charge in [0.25, 0.3) is 0 Å². The van der Waals surface area contributed by atoms with Crippen LogP contribution in [-0.4, -0.2) is 42.6 Å². The normalized spacial score (nSPS) is 30.5. The third-order valence-electron chi connectivity index (χ3n) is 3.39. The average Bonchev–Trinajstić information content (AvgIpc) is 2.60. The van der Waals surface area contributed by atoms with Crippen molar-refractivity contribution in [1.29, 1.82) is 0 Å². The second kappa shape index (κ2) is 3.72. The summed E-state index contributed by atoms with van der Waals surface area (Å²) in [6, 6.07) is 0. The van der Waals surface area contributed by atoms with Crippen molar-refractivity contribution in [3.8, 4) is 0 Å². The predicted octanol–water partition coefficient (Wildman–Crippen LogP) is 0.497. The minimum Gasteiger partial charge on any atom is -0.453 e. The molecular weight excluding hydrogens is 196 g/mol. The van der Waals surface area contributed by atoms with Gasteiger partial charge < -0.3 is 15.0 Å². The van der Waals surface area contributed by atoms with Gasteiger partial charge in [-0.2, -0.15) is 0 Å². The topological polar surface area (TPSA) is 58.6 Å². The molecule has 0 aliphatic carbocycles. The number of nitrogens with zero attached hydrogens (tertiary/aromatic N) is 1. The Bertz CT molecular complexity index is 292. The highest BCUT2D eigenvalue weighted by Gasteiger charge is 2.46. The summed E-state index contributed by atoms with van der Waals surface area (Å²) in [5.41, 5.74) is -0.268. The Balaban J connectivity index is 2.17. The van der Waals surface area contributed by atoms with Gasteiger partial charge in [-0.25, -0.2) is 4.79 Å². The molecule has 0 bridgehead atoms. The van der Waals surface area contributed by atoms with Crippen LogP contribution in [0.5, 0.6) is 0 Å². The molecule has 2 rings (SSSR count). The first-order valence-electron chi connectivity index (χ1n) is 5.30. The molecule has 84 valence electrons. The molecule has 0 radical (unpaired) electrons. The molecule has 1 N–H and O–H groups in total. The van der Waals surface area contributed by atoms with E-state index in [1.807, 2.05) is 0 Å². The number of carbonyl (C=O) groups is 2. The Hall–Kier alpha value is -1.26. The Morgan fingerprint density at radius 2 is 2.33 bits per heavy atom. The molecule has 2 fully saturated rings. The third-order valence-corrected chi connectivity index (χ3v) is 3.39. The van der Waals surface area contributed by atoms with Crippen molar-refractivity contribution in [3.05, 3.63) is 0 Å². The maximum absolute atomic E-state index is 11.6. The van der Waals surface area contributed by atoms with E-state index in [0.717, 1.165) is 19.3 Å². The summed E-state index contributed by atoms with van der Waals surface area (Å²) in [6.07, 6.45) is 2.83. The molecule has 1 atom stereocenters. The molecule has 15 heavy (non-hydrogen) atoms. The molecule has 0 aromatic heterocycles. The maximum Gasteiger partial charge on any atom is 0.409 e. The smallest absolute Gasteiger partial charge is 0.409 e. The number of amides is 2. The van der Waals surface area contributed by atoms with Gasteiger partial charge in [-0.15, -0.1) is 0 Å². The van der Waals surface area contributed by atoms with Crippen LogP contribution < -0.4 is 5.32 Å². The second-order valence-electron chi connectivity index (χ2n) is 4.23. The lowest BCUT2D eigenvalue weighted by atomic mass is 9.85. The first-order valence-corrected chi connectivity index (χ1v) is 5.30. The van der Waals surface area contributed by atoms with Crippen molar-refractivity contribution in [3.63, 3.8) is 0 Å². The van der Waals surface area contributed by atoms with E-state index < -0.39 is 0 Å². The number of methoxy groups -OCH3 is 1. The van der Waals surface area contributed by atoms with Crippen LogP contribution in [0.15, 0.2) is 0 Å². The van der Waals surface area contributed by atoms with Crippen LogP contribution in [0.1, 0.15) is 25.7 Å². The van der Waals surface area contributed by atoms with E-state index in [9.17, 15) is 9.59 Å². The van der Waals surface area contributed by atoms with Crippen LogP contribution in [-0.2, 0) is 9.53 Å². The molecule has 1 spiro atoms. The van der Waals surface area contributed by atoms with Crippen molar-refractivity contribution in [1.82, 2.24) is 10.2 Å². The van der Waals surface area contributed by atoms with Crippen molar-refractivity contribution in [2.24, 2.45) is 0 Å². The minimum atomic E-state index is -0.304. The lowest BCUT2D eigenvalue weighted by Gasteiger charge is -2.40. The van der Waals surface area contributed by atoms with Gasteiger partial charge in [0.1, 0.15) is 0 Å². The summed E-state index contributed by atoms with van der Waals surface area (Å²) in [5, 5.41) is 2.79. The van der Waals surface area contributed by atoms with Gasteiger partial charge in [0.2, 0.25) is 5.91 Å². The number of rotatable bonds is 0. The standard InChI is InChI=1S/C10H16N2O3/c1-15-9(14)12-6-2-3-10(12)4-5-11-8(13)7-10/h2-7H2,1H3,(H,11,13). The van der Waals surface area contributed by atoms with E-state index in [1.54, 1.807) is 4.90 Å². The summed E-state index contributed by atoms with van der Waals surface area (Å²) < 4.78 is 4.75. The van der Waals surface area contributed by atoms with Gasteiger partial charge in [0.15, 0.2) is 0 Å². The molecular formula is C10H16N2O3. The molecule has 2 saturated heterocycles. The second-order valence-corrected chi connectivity index (χ2v) is 4.23. The highest BCUT2D eigenvalue weighted by Crippen LogP contribution is 2.37. The number of nitrogens with one attached hydrogen (secondary N) is 1. The zero-order valence-electron chi connectivity index (χ0n) is 8.91. The largest absolute Gasteiger partial charge is 0.453 e. The third kappa shape index (κ3) is 1.66. The number of carbonyl (C=O) groups excluding carboxylic acids is 2. The fraction of sp³-hybridized carbons (Fsp3) is 0.800. The summed E-state index contributed by atoms with van der Waals surface area (Å²) in [4.78, 5) is 24.7. The molecule has 2 heterocycles. The van der Waals surface area contributed by atoms with Crippen LogP contribution >= 0.6 is 0 Å². The summed E-state index contributed by atoms with van der Waals surface area (Å²) in [7, 11) is 1.39. The number of likely N-dealkylation sites (tertiary alicyclic amines) is 1. The van der Waals surface area contributed by atoms with Crippen LogP contribution in [0.2, 0.25) is 0 Å². The molecule has 5 heteroatoms. The first-order chi connectivity index (χ1) is 7.18. The van der Waals surface area contributed by atoms with Gasteiger partial charge in [0.05, 0.1) is 19.1 Å². The quantitative estimate of drug-likeness (QED) is 0.636. The Kier molecular flexibility index (Phi) is 2.54. The lowest BCUT2D eigenvalue weighted by molar-refractivity contribution is -0.125. The molecule has 5 nitrogen and oxygen atoms in total. The highest BCUT2D eigenvalue weighted by atomic mass is 16.5. The Morgan fingerprint density at radius 1 is 1.53 bits per heavy atom. The number of ether oxygens (including phenoxy) is 1. The van der Waals surface area contributed by atoms with Gasteiger partial charge >= 0.3 is 6.09 Å². The van der Waals surface area contributed by atoms with E-state index >= 15 is 0 Å². The van der Waals surface area contributed by atoms with E-state index in [-0.39, 0.29) is 17.5 Å². The molecule has 0 aromatic rings.